The summed E-state index contributed by atoms with van der Waals surface area (Å²) in [5.41, 5.74) is 1.67. The van der Waals surface area contributed by atoms with E-state index in [1.54, 1.807) is 6.07 Å². The summed E-state index contributed by atoms with van der Waals surface area (Å²) < 4.78 is 0. The Bertz CT molecular complexity index is 457. The Balaban J connectivity index is 2.15. The summed E-state index contributed by atoms with van der Waals surface area (Å²) in [6.45, 7) is 2.67. The molecule has 1 aliphatic carbocycles. The molecule has 0 spiro atoms. The van der Waals surface area contributed by atoms with Gasteiger partial charge >= 0.3 is 0 Å². The molecule has 0 saturated heterocycles. The first-order valence-electron chi connectivity index (χ1n) is 6.76. The summed E-state index contributed by atoms with van der Waals surface area (Å²) in [5.74, 6) is 0.669. The van der Waals surface area contributed by atoms with Gasteiger partial charge in [0.25, 0.3) is 5.91 Å². The number of alkyl halides is 1. The number of nitrogens with zero attached hydrogens (tertiary/aromatic N) is 1. The first-order chi connectivity index (χ1) is 9.13. The monoisotopic (exact) mass is 299 g/mol. The van der Waals surface area contributed by atoms with E-state index in [-0.39, 0.29) is 5.91 Å². The van der Waals surface area contributed by atoms with Crippen LogP contribution in [-0.2, 0) is 0 Å². The number of halogens is 2. The second-order valence-corrected chi connectivity index (χ2v) is 5.87. The zero-order valence-corrected chi connectivity index (χ0v) is 12.7. The van der Waals surface area contributed by atoms with E-state index in [0.717, 1.165) is 31.4 Å². The highest BCUT2D eigenvalue weighted by Crippen LogP contribution is 2.27. The quantitative estimate of drug-likeness (QED) is 0.744. The van der Waals surface area contributed by atoms with Crippen molar-refractivity contribution in [1.82, 2.24) is 4.90 Å². The Kier molecular flexibility index (Phi) is 5.12. The number of hydrogen-bond donors (Lipinski definition) is 0. The van der Waals surface area contributed by atoms with E-state index in [1.165, 1.54) is 6.42 Å². The highest BCUT2D eigenvalue weighted by molar-refractivity contribution is 6.31. The molecule has 0 unspecified atom stereocenters. The van der Waals surface area contributed by atoms with E-state index < -0.39 is 0 Å². The third-order valence-electron chi connectivity index (χ3n) is 3.73. The van der Waals surface area contributed by atoms with Gasteiger partial charge in [0, 0.05) is 29.1 Å². The summed E-state index contributed by atoms with van der Waals surface area (Å²) >= 11 is 11.9. The summed E-state index contributed by atoms with van der Waals surface area (Å²) in [7, 11) is 0. The topological polar surface area (TPSA) is 20.3 Å². The highest BCUT2D eigenvalue weighted by Gasteiger charge is 2.29. The summed E-state index contributed by atoms with van der Waals surface area (Å²) in [4.78, 5) is 14.5. The van der Waals surface area contributed by atoms with Crippen LogP contribution in [0.2, 0.25) is 5.02 Å². The Morgan fingerprint density at radius 3 is 2.68 bits per heavy atom. The molecule has 1 amide bonds. The van der Waals surface area contributed by atoms with Gasteiger partial charge in [0.2, 0.25) is 0 Å². The molecule has 0 aliphatic heterocycles. The normalized spacial score (nSPS) is 15.1. The molecule has 1 aromatic carbocycles. The lowest BCUT2D eigenvalue weighted by Crippen LogP contribution is -2.44. The van der Waals surface area contributed by atoms with E-state index in [1.807, 2.05) is 24.0 Å². The van der Waals surface area contributed by atoms with Gasteiger partial charge in [-0.05, 0) is 50.3 Å². The predicted octanol–water partition coefficient (Wildman–Crippen LogP) is 4.27. The standard InChI is InChI=1S/C15H19Cl2NO/c1-11-6-7-12(10-14(11)17)15(19)18(9-3-8-16)13-4-2-5-13/h6-7,10,13H,2-5,8-9H2,1H3. The molecule has 2 nitrogen and oxygen atoms in total. The van der Waals surface area contributed by atoms with Gasteiger partial charge in [0.05, 0.1) is 0 Å². The van der Waals surface area contributed by atoms with Gasteiger partial charge in [-0.25, -0.2) is 0 Å². The fourth-order valence-corrected chi connectivity index (χ4v) is 2.57. The van der Waals surface area contributed by atoms with Crippen LogP contribution in [0.1, 0.15) is 41.6 Å². The van der Waals surface area contributed by atoms with Gasteiger partial charge in [0.15, 0.2) is 0 Å². The van der Waals surface area contributed by atoms with Gasteiger partial charge in [-0.2, -0.15) is 0 Å². The lowest BCUT2D eigenvalue weighted by atomic mass is 9.90. The Hall–Kier alpha value is -0.730. The number of hydrogen-bond acceptors (Lipinski definition) is 1. The van der Waals surface area contributed by atoms with Crippen LogP contribution in [0.15, 0.2) is 18.2 Å². The van der Waals surface area contributed by atoms with E-state index >= 15 is 0 Å². The first-order valence-corrected chi connectivity index (χ1v) is 7.68. The molecular formula is C15H19Cl2NO. The van der Waals surface area contributed by atoms with Crippen LogP contribution in [0.3, 0.4) is 0 Å². The largest absolute Gasteiger partial charge is 0.336 e. The minimum absolute atomic E-state index is 0.0803. The molecule has 1 aromatic rings. The van der Waals surface area contributed by atoms with Crippen molar-refractivity contribution in [3.63, 3.8) is 0 Å². The third kappa shape index (κ3) is 3.43. The molecule has 1 fully saturated rings. The molecule has 0 aromatic heterocycles. The number of aryl methyl sites for hydroxylation is 1. The predicted molar refractivity (Wildman–Crippen MR) is 80.2 cm³/mol. The molecule has 0 bridgehead atoms. The van der Waals surface area contributed by atoms with Gasteiger partial charge in [0.1, 0.15) is 0 Å². The van der Waals surface area contributed by atoms with Crippen LogP contribution in [0.5, 0.6) is 0 Å². The smallest absolute Gasteiger partial charge is 0.254 e. The highest BCUT2D eigenvalue weighted by atomic mass is 35.5. The lowest BCUT2D eigenvalue weighted by Gasteiger charge is -2.37. The molecule has 104 valence electrons. The molecule has 0 atom stereocenters. The molecule has 19 heavy (non-hydrogen) atoms. The molecule has 1 aliphatic rings. The van der Waals surface area contributed by atoms with Crippen LogP contribution in [0.25, 0.3) is 0 Å². The van der Waals surface area contributed by atoms with E-state index in [2.05, 4.69) is 0 Å². The summed E-state index contributed by atoms with van der Waals surface area (Å²) in [5, 5.41) is 0.650. The van der Waals surface area contributed by atoms with E-state index in [4.69, 9.17) is 23.2 Å². The van der Waals surface area contributed by atoms with E-state index in [9.17, 15) is 4.79 Å². The number of carbonyl (C=O) groups excluding carboxylic acids is 1. The van der Waals surface area contributed by atoms with Gasteiger partial charge in [-0.1, -0.05) is 17.7 Å². The maximum Gasteiger partial charge on any atom is 0.254 e. The maximum atomic E-state index is 12.6. The van der Waals surface area contributed by atoms with Crippen molar-refractivity contribution in [2.45, 2.75) is 38.6 Å². The van der Waals surface area contributed by atoms with Crippen LogP contribution in [-0.4, -0.2) is 29.3 Å². The van der Waals surface area contributed by atoms with Crippen molar-refractivity contribution in [3.8, 4) is 0 Å². The van der Waals surface area contributed by atoms with Crippen molar-refractivity contribution >= 4 is 29.1 Å². The van der Waals surface area contributed by atoms with Crippen molar-refractivity contribution in [3.05, 3.63) is 34.3 Å². The average molecular weight is 300 g/mol. The number of amides is 1. The molecule has 0 N–H and O–H groups in total. The number of benzene rings is 1. The Morgan fingerprint density at radius 2 is 2.16 bits per heavy atom. The van der Waals surface area contributed by atoms with Gasteiger partial charge in [-0.3, -0.25) is 4.79 Å². The number of carbonyl (C=O) groups is 1. The zero-order chi connectivity index (χ0) is 13.8. The van der Waals surface area contributed by atoms with Crippen molar-refractivity contribution in [1.29, 1.82) is 0 Å². The molecule has 4 heteroatoms. The zero-order valence-electron chi connectivity index (χ0n) is 11.2. The second kappa shape index (κ2) is 6.62. The Morgan fingerprint density at radius 1 is 1.42 bits per heavy atom. The second-order valence-electron chi connectivity index (χ2n) is 5.09. The summed E-state index contributed by atoms with van der Waals surface area (Å²) in [6, 6.07) is 5.91. The number of rotatable bonds is 5. The minimum atomic E-state index is 0.0803. The van der Waals surface area contributed by atoms with Crippen LogP contribution >= 0.6 is 23.2 Å². The third-order valence-corrected chi connectivity index (χ3v) is 4.40. The minimum Gasteiger partial charge on any atom is -0.336 e. The van der Waals surface area contributed by atoms with Gasteiger partial charge < -0.3 is 4.90 Å². The first kappa shape index (κ1) is 14.7. The lowest BCUT2D eigenvalue weighted by molar-refractivity contribution is 0.0581. The fourth-order valence-electron chi connectivity index (χ4n) is 2.27. The van der Waals surface area contributed by atoms with Crippen molar-refractivity contribution in [2.24, 2.45) is 0 Å². The van der Waals surface area contributed by atoms with Crippen LogP contribution < -0.4 is 0 Å². The summed E-state index contributed by atoms with van der Waals surface area (Å²) in [6.07, 6.45) is 4.26. The van der Waals surface area contributed by atoms with Crippen LogP contribution in [0, 0.1) is 6.92 Å². The Labute approximate surface area is 124 Å². The SMILES string of the molecule is Cc1ccc(C(=O)N(CCCCl)C2CCC2)cc1Cl. The molecule has 0 radical (unpaired) electrons. The molecule has 0 heterocycles. The molecule has 1 saturated carbocycles. The van der Waals surface area contributed by atoms with Crippen molar-refractivity contribution in [2.75, 3.05) is 12.4 Å². The maximum absolute atomic E-state index is 12.6. The average Bonchev–Trinajstić information content (AvgIpc) is 2.34. The van der Waals surface area contributed by atoms with Gasteiger partial charge in [-0.15, -0.1) is 11.6 Å². The molecule has 2 rings (SSSR count). The van der Waals surface area contributed by atoms with Crippen molar-refractivity contribution < 1.29 is 4.79 Å². The van der Waals surface area contributed by atoms with Crippen LogP contribution in [0.4, 0.5) is 0 Å². The fraction of sp³-hybridized carbons (Fsp3) is 0.533. The van der Waals surface area contributed by atoms with E-state index in [0.29, 0.717) is 22.5 Å². The molecular weight excluding hydrogens is 281 g/mol.